The summed E-state index contributed by atoms with van der Waals surface area (Å²) in [5.74, 6) is 0.214. The quantitative estimate of drug-likeness (QED) is 0.911. The SMILES string of the molecule is COCCn1nc(C)c(NC(=O)[C@H]2C[C@@]23CCc2ccccc23)c1C. The third-order valence-electron chi connectivity index (χ3n) is 5.92. The Morgan fingerprint density at radius 2 is 2.20 bits per heavy atom. The van der Waals surface area contributed by atoms with Gasteiger partial charge in [0.1, 0.15) is 0 Å². The smallest absolute Gasteiger partial charge is 0.228 e. The molecular formula is C20H25N3O2. The summed E-state index contributed by atoms with van der Waals surface area (Å²) in [5, 5.41) is 7.68. The number of hydrogen-bond acceptors (Lipinski definition) is 3. The molecule has 1 heterocycles. The number of aryl methyl sites for hydroxylation is 2. The zero-order valence-corrected chi connectivity index (χ0v) is 15.1. The van der Waals surface area contributed by atoms with Gasteiger partial charge in [-0.3, -0.25) is 9.48 Å². The van der Waals surface area contributed by atoms with Crippen molar-refractivity contribution in [3.05, 3.63) is 46.8 Å². The van der Waals surface area contributed by atoms with E-state index in [4.69, 9.17) is 4.74 Å². The maximum Gasteiger partial charge on any atom is 0.228 e. The highest BCUT2D eigenvalue weighted by Gasteiger charge is 2.61. The molecule has 25 heavy (non-hydrogen) atoms. The molecule has 2 atom stereocenters. The second-order valence-corrected chi connectivity index (χ2v) is 7.32. The first-order chi connectivity index (χ1) is 12.1. The minimum Gasteiger partial charge on any atom is -0.383 e. The summed E-state index contributed by atoms with van der Waals surface area (Å²) in [5.41, 5.74) is 5.59. The van der Waals surface area contributed by atoms with E-state index in [1.807, 2.05) is 18.5 Å². The van der Waals surface area contributed by atoms with Gasteiger partial charge in [-0.1, -0.05) is 24.3 Å². The van der Waals surface area contributed by atoms with E-state index in [1.165, 1.54) is 11.1 Å². The number of anilines is 1. The van der Waals surface area contributed by atoms with Crippen LogP contribution < -0.4 is 5.32 Å². The van der Waals surface area contributed by atoms with E-state index < -0.39 is 0 Å². The highest BCUT2D eigenvalue weighted by molar-refractivity contribution is 5.97. The van der Waals surface area contributed by atoms with E-state index in [-0.39, 0.29) is 17.2 Å². The predicted octanol–water partition coefficient (Wildman–Crippen LogP) is 2.99. The van der Waals surface area contributed by atoms with Gasteiger partial charge in [-0.05, 0) is 44.2 Å². The molecule has 2 aliphatic carbocycles. The molecule has 0 radical (unpaired) electrons. The molecule has 1 spiro atoms. The molecule has 5 heteroatoms. The number of rotatable bonds is 5. The first-order valence-electron chi connectivity index (χ1n) is 8.99. The van der Waals surface area contributed by atoms with Crippen molar-refractivity contribution < 1.29 is 9.53 Å². The van der Waals surface area contributed by atoms with E-state index in [2.05, 4.69) is 34.7 Å². The molecule has 1 saturated carbocycles. The number of ether oxygens (including phenoxy) is 1. The van der Waals surface area contributed by atoms with Crippen molar-refractivity contribution in [3.8, 4) is 0 Å². The monoisotopic (exact) mass is 339 g/mol. The fourth-order valence-corrected chi connectivity index (χ4v) is 4.42. The lowest BCUT2D eigenvalue weighted by Crippen LogP contribution is -2.20. The molecule has 0 saturated heterocycles. The average Bonchev–Trinajstić information content (AvgIpc) is 3.15. The first kappa shape index (κ1) is 16.3. The Labute approximate surface area is 148 Å². The van der Waals surface area contributed by atoms with Gasteiger partial charge in [0.05, 0.1) is 30.2 Å². The molecule has 1 amide bonds. The second-order valence-electron chi connectivity index (χ2n) is 7.32. The Morgan fingerprint density at radius 3 is 3.00 bits per heavy atom. The summed E-state index contributed by atoms with van der Waals surface area (Å²) in [6.07, 6.45) is 3.15. The molecule has 4 rings (SSSR count). The largest absolute Gasteiger partial charge is 0.383 e. The zero-order valence-electron chi connectivity index (χ0n) is 15.1. The van der Waals surface area contributed by atoms with Crippen LogP contribution in [0.25, 0.3) is 0 Å². The molecule has 2 aliphatic rings. The number of benzene rings is 1. The Kier molecular flexibility index (Phi) is 3.91. The van der Waals surface area contributed by atoms with Gasteiger partial charge in [-0.15, -0.1) is 0 Å². The lowest BCUT2D eigenvalue weighted by molar-refractivity contribution is -0.117. The van der Waals surface area contributed by atoms with E-state index >= 15 is 0 Å². The number of methoxy groups -OCH3 is 1. The molecule has 0 bridgehead atoms. The second kappa shape index (κ2) is 5.99. The van der Waals surface area contributed by atoms with E-state index in [1.54, 1.807) is 7.11 Å². The number of nitrogens with one attached hydrogen (secondary N) is 1. The van der Waals surface area contributed by atoms with E-state index in [0.29, 0.717) is 13.2 Å². The normalized spacial score (nSPS) is 23.7. The third kappa shape index (κ3) is 2.58. The van der Waals surface area contributed by atoms with Gasteiger partial charge in [0.25, 0.3) is 0 Å². The van der Waals surface area contributed by atoms with Crippen LogP contribution >= 0.6 is 0 Å². The van der Waals surface area contributed by atoms with E-state index in [0.717, 1.165) is 36.3 Å². The van der Waals surface area contributed by atoms with Crippen LogP contribution in [0.4, 0.5) is 5.69 Å². The van der Waals surface area contributed by atoms with Gasteiger partial charge in [0.15, 0.2) is 0 Å². The number of amides is 1. The van der Waals surface area contributed by atoms with Gasteiger partial charge in [-0.2, -0.15) is 5.10 Å². The van der Waals surface area contributed by atoms with Gasteiger partial charge in [0, 0.05) is 18.4 Å². The van der Waals surface area contributed by atoms with Crippen LogP contribution in [0.15, 0.2) is 24.3 Å². The minimum absolute atomic E-state index is 0.0779. The molecule has 1 fully saturated rings. The van der Waals surface area contributed by atoms with Crippen LogP contribution in [0.1, 0.15) is 35.4 Å². The van der Waals surface area contributed by atoms with Crippen LogP contribution in [0.5, 0.6) is 0 Å². The van der Waals surface area contributed by atoms with E-state index in [9.17, 15) is 4.79 Å². The zero-order chi connectivity index (χ0) is 17.6. The van der Waals surface area contributed by atoms with Crippen LogP contribution in [0.3, 0.4) is 0 Å². The Hall–Kier alpha value is -2.14. The number of carbonyl (C=O) groups excluding carboxylic acids is 1. The first-order valence-corrected chi connectivity index (χ1v) is 8.99. The van der Waals surface area contributed by atoms with Crippen molar-refractivity contribution in [1.82, 2.24) is 9.78 Å². The molecule has 1 aromatic carbocycles. The number of carbonyl (C=O) groups is 1. The summed E-state index contributed by atoms with van der Waals surface area (Å²) >= 11 is 0. The third-order valence-corrected chi connectivity index (χ3v) is 5.92. The van der Waals surface area contributed by atoms with Gasteiger partial charge in [0.2, 0.25) is 5.91 Å². The maximum atomic E-state index is 12.9. The highest BCUT2D eigenvalue weighted by Crippen LogP contribution is 2.61. The average molecular weight is 339 g/mol. The van der Waals surface area contributed by atoms with Gasteiger partial charge < -0.3 is 10.1 Å². The van der Waals surface area contributed by atoms with Crippen LogP contribution in [0, 0.1) is 19.8 Å². The minimum atomic E-state index is 0.0779. The topological polar surface area (TPSA) is 56.1 Å². The number of hydrogen-bond donors (Lipinski definition) is 1. The van der Waals surface area contributed by atoms with Crippen LogP contribution in [-0.2, 0) is 27.9 Å². The van der Waals surface area contributed by atoms with Gasteiger partial charge >= 0.3 is 0 Å². The molecule has 5 nitrogen and oxygen atoms in total. The summed E-state index contributed by atoms with van der Waals surface area (Å²) in [6.45, 7) is 5.25. The predicted molar refractivity (Wildman–Crippen MR) is 96.8 cm³/mol. The van der Waals surface area contributed by atoms with Crippen molar-refractivity contribution in [1.29, 1.82) is 0 Å². The van der Waals surface area contributed by atoms with Crippen molar-refractivity contribution in [3.63, 3.8) is 0 Å². The molecule has 1 N–H and O–H groups in total. The van der Waals surface area contributed by atoms with Crippen molar-refractivity contribution in [2.24, 2.45) is 5.92 Å². The fourth-order valence-electron chi connectivity index (χ4n) is 4.42. The summed E-state index contributed by atoms with van der Waals surface area (Å²) in [7, 11) is 1.68. The maximum absolute atomic E-state index is 12.9. The molecule has 0 unspecified atom stereocenters. The number of fused-ring (bicyclic) bond motifs is 2. The Morgan fingerprint density at radius 1 is 1.40 bits per heavy atom. The summed E-state index contributed by atoms with van der Waals surface area (Å²) in [4.78, 5) is 12.9. The summed E-state index contributed by atoms with van der Waals surface area (Å²) in [6, 6.07) is 8.59. The number of nitrogens with zero attached hydrogens (tertiary/aromatic N) is 2. The van der Waals surface area contributed by atoms with Crippen molar-refractivity contribution >= 4 is 11.6 Å². The Balaban J connectivity index is 1.51. The molecular weight excluding hydrogens is 314 g/mol. The van der Waals surface area contributed by atoms with Crippen LogP contribution in [0.2, 0.25) is 0 Å². The van der Waals surface area contributed by atoms with Crippen LogP contribution in [-0.4, -0.2) is 29.4 Å². The molecule has 132 valence electrons. The number of aromatic nitrogens is 2. The van der Waals surface area contributed by atoms with Crippen molar-refractivity contribution in [2.45, 2.75) is 45.1 Å². The highest BCUT2D eigenvalue weighted by atomic mass is 16.5. The molecule has 0 aliphatic heterocycles. The summed E-state index contributed by atoms with van der Waals surface area (Å²) < 4.78 is 7.03. The molecule has 2 aromatic rings. The lowest BCUT2D eigenvalue weighted by atomic mass is 9.95. The standard InChI is InChI=1S/C20H25N3O2/c1-13-18(14(2)23(22-13)10-11-25-3)21-19(24)17-12-20(17)9-8-15-6-4-5-7-16(15)20/h4-7,17H,8-12H2,1-3H3,(H,21,24)/t17-,20-/m1/s1. The lowest BCUT2D eigenvalue weighted by Gasteiger charge is -2.12. The fraction of sp³-hybridized carbons (Fsp3) is 0.500. The van der Waals surface area contributed by atoms with Gasteiger partial charge in [-0.25, -0.2) is 0 Å². The molecule has 1 aromatic heterocycles. The Bertz CT molecular complexity index is 826. The van der Waals surface area contributed by atoms with Crippen molar-refractivity contribution in [2.75, 3.05) is 19.0 Å².